The van der Waals surface area contributed by atoms with Crippen molar-refractivity contribution < 1.29 is 19.2 Å². The highest BCUT2D eigenvalue weighted by molar-refractivity contribution is 5.95. The van der Waals surface area contributed by atoms with Crippen LogP contribution in [0.3, 0.4) is 0 Å². The van der Waals surface area contributed by atoms with E-state index in [1.165, 1.54) is 30.3 Å². The van der Waals surface area contributed by atoms with Crippen molar-refractivity contribution in [1.29, 1.82) is 0 Å². The summed E-state index contributed by atoms with van der Waals surface area (Å²) in [5.74, 6) is -1.78. The van der Waals surface area contributed by atoms with Crippen molar-refractivity contribution >= 4 is 40.3 Å². The van der Waals surface area contributed by atoms with E-state index in [-0.39, 0.29) is 18.3 Å². The molecule has 0 unspecified atom stereocenters. The number of para-hydroxylation sites is 1. The number of nitro groups is 1. The van der Waals surface area contributed by atoms with E-state index in [1.807, 2.05) is 24.3 Å². The van der Waals surface area contributed by atoms with Crippen LogP contribution in [-0.4, -0.2) is 30.5 Å². The monoisotopic (exact) mass is 449 g/mol. The summed E-state index contributed by atoms with van der Waals surface area (Å²) < 4.78 is 14.8. The van der Waals surface area contributed by atoms with Gasteiger partial charge >= 0.3 is 11.2 Å². The molecule has 0 aliphatic rings. The molecule has 2 heterocycles. The fourth-order valence-electron chi connectivity index (χ4n) is 3.31. The average molecular weight is 449 g/mol. The maximum atomic E-state index is 13.1. The largest absolute Gasteiger partial charge is 0.488 e. The average Bonchev–Trinajstić information content (AvgIpc) is 3.10. The lowest BCUT2D eigenvalue weighted by Crippen LogP contribution is -2.18. The molecule has 0 atom stereocenters. The Labute approximate surface area is 184 Å². The van der Waals surface area contributed by atoms with Gasteiger partial charge in [-0.05, 0) is 42.5 Å². The van der Waals surface area contributed by atoms with Crippen LogP contribution in [0.15, 0.2) is 59.5 Å². The van der Waals surface area contributed by atoms with Crippen LogP contribution in [0, 0.1) is 15.9 Å². The molecule has 0 saturated carbocycles. The lowest BCUT2D eigenvalue weighted by atomic mass is 10.1. The van der Waals surface area contributed by atoms with Gasteiger partial charge in [0.15, 0.2) is 0 Å². The second-order valence-corrected chi connectivity index (χ2v) is 7.00. The number of aromatic hydroxyl groups is 1. The summed E-state index contributed by atoms with van der Waals surface area (Å²) in [7, 11) is 0. The van der Waals surface area contributed by atoms with Crippen LogP contribution >= 0.6 is 0 Å². The van der Waals surface area contributed by atoms with Gasteiger partial charge in [-0.3, -0.25) is 19.7 Å². The number of H-pyrrole nitrogens is 1. The first-order chi connectivity index (χ1) is 15.8. The number of aromatic nitrogens is 3. The number of aromatic amines is 1. The molecule has 10 nitrogen and oxygen atoms in total. The molecular formula is C22H16FN5O5. The van der Waals surface area contributed by atoms with Crippen molar-refractivity contribution in [2.75, 3.05) is 5.32 Å². The Morgan fingerprint density at radius 1 is 1.21 bits per heavy atom. The third kappa shape index (κ3) is 4.61. The molecule has 4 rings (SSSR count). The molecule has 33 heavy (non-hydrogen) atoms. The topological polar surface area (TPSA) is 143 Å². The van der Waals surface area contributed by atoms with Gasteiger partial charge in [0.05, 0.1) is 4.92 Å². The first-order valence-corrected chi connectivity index (χ1v) is 9.61. The molecule has 0 aliphatic heterocycles. The van der Waals surface area contributed by atoms with Crippen molar-refractivity contribution in [3.8, 4) is 5.88 Å². The Bertz CT molecular complexity index is 1460. The summed E-state index contributed by atoms with van der Waals surface area (Å²) in [5, 5.41) is 24.0. The SMILES string of the molecule is O=C(Cn1cc(/C=C/c2nc(O)c([N+](=O)[O-])c(=O)[nH]2)c2ccccc21)Nc1ccc(F)cc1. The molecule has 0 fully saturated rings. The van der Waals surface area contributed by atoms with Crippen molar-refractivity contribution in [3.63, 3.8) is 0 Å². The van der Waals surface area contributed by atoms with Crippen molar-refractivity contribution in [1.82, 2.24) is 14.5 Å². The molecule has 0 spiro atoms. The number of hydrogen-bond acceptors (Lipinski definition) is 6. The highest BCUT2D eigenvalue weighted by atomic mass is 19.1. The highest BCUT2D eigenvalue weighted by Gasteiger charge is 2.21. The van der Waals surface area contributed by atoms with Gasteiger partial charge in [0.1, 0.15) is 18.2 Å². The van der Waals surface area contributed by atoms with Crippen LogP contribution in [0.1, 0.15) is 11.4 Å². The molecule has 0 saturated heterocycles. The molecule has 2 aromatic carbocycles. The van der Waals surface area contributed by atoms with Gasteiger partial charge < -0.3 is 20.0 Å². The second-order valence-electron chi connectivity index (χ2n) is 7.00. The summed E-state index contributed by atoms with van der Waals surface area (Å²) in [6.07, 6.45) is 4.70. The number of rotatable bonds is 6. The second kappa shape index (κ2) is 8.75. The number of benzene rings is 2. The van der Waals surface area contributed by atoms with E-state index < -0.39 is 27.9 Å². The zero-order chi connectivity index (χ0) is 23.5. The molecule has 4 aromatic rings. The Kier molecular flexibility index (Phi) is 5.68. The summed E-state index contributed by atoms with van der Waals surface area (Å²) >= 11 is 0. The maximum absolute atomic E-state index is 13.1. The number of anilines is 1. The predicted octanol–water partition coefficient (Wildman–Crippen LogP) is 3.29. The molecule has 0 bridgehead atoms. The summed E-state index contributed by atoms with van der Waals surface area (Å²) in [5.41, 5.74) is -0.200. The summed E-state index contributed by atoms with van der Waals surface area (Å²) in [4.78, 5) is 40.0. The predicted molar refractivity (Wildman–Crippen MR) is 119 cm³/mol. The normalized spacial score (nSPS) is 11.2. The Morgan fingerprint density at radius 3 is 2.64 bits per heavy atom. The van der Waals surface area contributed by atoms with Gasteiger partial charge in [-0.15, -0.1) is 0 Å². The number of carbonyl (C=O) groups is 1. The lowest BCUT2D eigenvalue weighted by molar-refractivity contribution is -0.387. The van der Waals surface area contributed by atoms with Crippen LogP contribution in [0.5, 0.6) is 5.88 Å². The number of carbonyl (C=O) groups excluding carboxylic acids is 1. The van der Waals surface area contributed by atoms with E-state index in [4.69, 9.17) is 0 Å². The minimum Gasteiger partial charge on any atom is -0.488 e. The molecule has 0 aliphatic carbocycles. The highest BCUT2D eigenvalue weighted by Crippen LogP contribution is 2.24. The van der Waals surface area contributed by atoms with E-state index >= 15 is 0 Å². The smallest absolute Gasteiger partial charge is 0.395 e. The van der Waals surface area contributed by atoms with E-state index in [0.29, 0.717) is 11.3 Å². The standard InChI is InChI=1S/C22H16FN5O5/c23-14-6-8-15(9-7-14)24-19(29)12-27-11-13(16-3-1-2-4-17(16)27)5-10-18-25-21(30)20(28(32)33)22(31)26-18/h1-11H,12H2,(H,24,29)(H2,25,26,30,31)/b10-5+. The number of halogens is 1. The van der Waals surface area contributed by atoms with Gasteiger partial charge in [-0.1, -0.05) is 18.2 Å². The zero-order valence-electron chi connectivity index (χ0n) is 16.9. The minimum absolute atomic E-state index is 0.0147. The first kappa shape index (κ1) is 21.4. The fourth-order valence-corrected chi connectivity index (χ4v) is 3.31. The van der Waals surface area contributed by atoms with E-state index in [9.17, 15) is 29.2 Å². The molecule has 1 amide bonds. The van der Waals surface area contributed by atoms with Gasteiger partial charge in [-0.25, -0.2) is 4.39 Å². The molecular weight excluding hydrogens is 433 g/mol. The van der Waals surface area contributed by atoms with E-state index in [2.05, 4.69) is 15.3 Å². The molecule has 2 aromatic heterocycles. The molecule has 11 heteroatoms. The van der Waals surface area contributed by atoms with Crippen molar-refractivity contribution in [3.05, 3.63) is 92.4 Å². The maximum Gasteiger partial charge on any atom is 0.395 e. The first-order valence-electron chi connectivity index (χ1n) is 9.61. The van der Waals surface area contributed by atoms with Crippen LogP contribution in [-0.2, 0) is 11.3 Å². The van der Waals surface area contributed by atoms with E-state index in [0.717, 1.165) is 10.9 Å². The minimum atomic E-state index is -1.08. The molecule has 166 valence electrons. The lowest BCUT2D eigenvalue weighted by Gasteiger charge is -2.07. The number of nitrogens with zero attached hydrogens (tertiary/aromatic N) is 3. The number of fused-ring (bicyclic) bond motifs is 1. The summed E-state index contributed by atoms with van der Waals surface area (Å²) in [6, 6.07) is 12.7. The Hall–Kier alpha value is -4.80. The van der Waals surface area contributed by atoms with Crippen molar-refractivity contribution in [2.45, 2.75) is 6.54 Å². The van der Waals surface area contributed by atoms with Gasteiger partial charge in [0, 0.05) is 28.4 Å². The number of hydrogen-bond donors (Lipinski definition) is 3. The van der Waals surface area contributed by atoms with Crippen LogP contribution in [0.2, 0.25) is 0 Å². The van der Waals surface area contributed by atoms with Crippen LogP contribution in [0.4, 0.5) is 15.8 Å². The molecule has 3 N–H and O–H groups in total. The number of amides is 1. The van der Waals surface area contributed by atoms with Gasteiger partial charge in [0.2, 0.25) is 5.91 Å². The number of nitrogens with one attached hydrogen (secondary N) is 2. The quantitative estimate of drug-likeness (QED) is 0.304. The van der Waals surface area contributed by atoms with E-state index in [1.54, 1.807) is 16.8 Å². The third-order valence-corrected chi connectivity index (χ3v) is 4.76. The third-order valence-electron chi connectivity index (χ3n) is 4.76. The fraction of sp³-hybridized carbons (Fsp3) is 0.0455. The Morgan fingerprint density at radius 2 is 1.94 bits per heavy atom. The Balaban J connectivity index is 1.61. The zero-order valence-corrected chi connectivity index (χ0v) is 16.9. The van der Waals surface area contributed by atoms with Crippen LogP contribution < -0.4 is 10.9 Å². The van der Waals surface area contributed by atoms with Gasteiger partial charge in [0.25, 0.3) is 5.88 Å². The van der Waals surface area contributed by atoms with Crippen molar-refractivity contribution in [2.24, 2.45) is 0 Å². The van der Waals surface area contributed by atoms with Crippen LogP contribution in [0.25, 0.3) is 23.1 Å². The van der Waals surface area contributed by atoms with Gasteiger partial charge in [-0.2, -0.15) is 4.98 Å². The molecule has 0 radical (unpaired) electrons. The summed E-state index contributed by atoms with van der Waals surface area (Å²) in [6.45, 7) is -0.0147.